The van der Waals surface area contributed by atoms with E-state index in [2.05, 4.69) is 27.4 Å². The van der Waals surface area contributed by atoms with Crippen LogP contribution in [0.25, 0.3) is 0 Å². The monoisotopic (exact) mass is 308 g/mol. The number of hydrogen-bond donors (Lipinski definition) is 2. The second kappa shape index (κ2) is 5.63. The van der Waals surface area contributed by atoms with E-state index in [0.29, 0.717) is 17.8 Å². The van der Waals surface area contributed by atoms with Gasteiger partial charge in [0.1, 0.15) is 0 Å². The molecule has 2 saturated carbocycles. The molecule has 2 aliphatic rings. The van der Waals surface area contributed by atoms with Crippen LogP contribution >= 0.6 is 0 Å². The molecule has 0 aromatic heterocycles. The van der Waals surface area contributed by atoms with Crippen LogP contribution < -0.4 is 0 Å². The molecule has 2 fully saturated rings. The molecule has 0 aromatic rings. The first-order valence-electron chi connectivity index (χ1n) is 9.03. The van der Waals surface area contributed by atoms with E-state index in [1.165, 1.54) is 19.3 Å². The van der Waals surface area contributed by atoms with Gasteiger partial charge in [-0.05, 0) is 75.0 Å². The summed E-state index contributed by atoms with van der Waals surface area (Å²) in [7, 11) is 0. The minimum atomic E-state index is -0.830. The van der Waals surface area contributed by atoms with Crippen LogP contribution in [0.5, 0.6) is 0 Å². The molecule has 0 radical (unpaired) electrons. The minimum absolute atomic E-state index is 0.181. The van der Waals surface area contributed by atoms with Gasteiger partial charge in [-0.1, -0.05) is 33.3 Å². The van der Waals surface area contributed by atoms with Crippen molar-refractivity contribution in [3.8, 4) is 0 Å². The molecule has 0 aromatic carbocycles. The quantitative estimate of drug-likeness (QED) is 0.739. The van der Waals surface area contributed by atoms with Crippen LogP contribution in [0, 0.1) is 22.7 Å². The van der Waals surface area contributed by atoms with Gasteiger partial charge in [-0.25, -0.2) is 0 Å². The predicted octanol–water partition coefficient (Wildman–Crippen LogP) is 4.70. The second-order valence-corrected chi connectivity index (χ2v) is 9.45. The molecular weight excluding hydrogens is 272 g/mol. The summed E-state index contributed by atoms with van der Waals surface area (Å²) < 4.78 is 0. The van der Waals surface area contributed by atoms with Crippen molar-refractivity contribution in [3.05, 3.63) is 12.7 Å². The molecule has 2 nitrogen and oxygen atoms in total. The summed E-state index contributed by atoms with van der Waals surface area (Å²) in [5.41, 5.74) is -0.900. The lowest BCUT2D eigenvalue weighted by atomic mass is 9.45. The Kier molecular flexibility index (Phi) is 4.61. The second-order valence-electron chi connectivity index (χ2n) is 9.45. The molecule has 22 heavy (non-hydrogen) atoms. The van der Waals surface area contributed by atoms with Crippen LogP contribution in [0.4, 0.5) is 0 Å². The standard InChI is InChI=1S/C20H36O2/c1-7-18(4,21)13-9-16-19(5)12-8-11-17(2,3)15(19)10-14-20(16,6)22/h7,15-16,21-22H,1,8-14H2,2-6H3/t15-,16?,18?,19-,20+/m0/s1. The highest BCUT2D eigenvalue weighted by Gasteiger charge is 2.57. The van der Waals surface area contributed by atoms with Gasteiger partial charge < -0.3 is 10.2 Å². The van der Waals surface area contributed by atoms with E-state index in [-0.39, 0.29) is 11.3 Å². The first-order valence-corrected chi connectivity index (χ1v) is 9.03. The Morgan fingerprint density at radius 3 is 2.41 bits per heavy atom. The van der Waals surface area contributed by atoms with E-state index >= 15 is 0 Å². The van der Waals surface area contributed by atoms with Crippen molar-refractivity contribution in [1.29, 1.82) is 0 Å². The van der Waals surface area contributed by atoms with Gasteiger partial charge in [0.15, 0.2) is 0 Å². The van der Waals surface area contributed by atoms with E-state index in [4.69, 9.17) is 0 Å². The van der Waals surface area contributed by atoms with Crippen LogP contribution in [-0.2, 0) is 0 Å². The highest BCUT2D eigenvalue weighted by Crippen LogP contribution is 2.63. The topological polar surface area (TPSA) is 40.5 Å². The summed E-state index contributed by atoms with van der Waals surface area (Å²) in [4.78, 5) is 0. The lowest BCUT2D eigenvalue weighted by Crippen LogP contribution is -2.57. The molecule has 5 atom stereocenters. The molecule has 2 aliphatic carbocycles. The van der Waals surface area contributed by atoms with Gasteiger partial charge in [-0.15, -0.1) is 6.58 Å². The van der Waals surface area contributed by atoms with Crippen molar-refractivity contribution in [1.82, 2.24) is 0 Å². The van der Waals surface area contributed by atoms with E-state index in [1.807, 2.05) is 13.8 Å². The SMILES string of the molecule is C=CC(C)(O)CCC1[C@](C)(O)CC[C@H]2C(C)(C)CCC[C@]12C. The highest BCUT2D eigenvalue weighted by atomic mass is 16.3. The molecule has 2 heteroatoms. The zero-order chi connectivity index (χ0) is 16.8. The zero-order valence-corrected chi connectivity index (χ0v) is 15.3. The maximum atomic E-state index is 11.1. The fourth-order valence-corrected chi connectivity index (χ4v) is 5.80. The summed E-state index contributed by atoms with van der Waals surface area (Å²) >= 11 is 0. The van der Waals surface area contributed by atoms with Crippen molar-refractivity contribution in [2.24, 2.45) is 22.7 Å². The normalized spacial score (nSPS) is 44.0. The average molecular weight is 309 g/mol. The molecule has 0 spiro atoms. The van der Waals surface area contributed by atoms with Crippen molar-refractivity contribution in [2.75, 3.05) is 0 Å². The molecule has 2 N–H and O–H groups in total. The number of aliphatic hydroxyl groups is 2. The Bertz CT molecular complexity index is 421. The molecule has 0 saturated heterocycles. The Morgan fingerprint density at radius 2 is 1.82 bits per heavy atom. The first kappa shape index (κ1) is 18.0. The van der Waals surface area contributed by atoms with Crippen LogP contribution in [0.2, 0.25) is 0 Å². The fourth-order valence-electron chi connectivity index (χ4n) is 5.80. The largest absolute Gasteiger partial charge is 0.390 e. The van der Waals surface area contributed by atoms with E-state index < -0.39 is 11.2 Å². The zero-order valence-electron chi connectivity index (χ0n) is 15.3. The molecule has 0 heterocycles. The van der Waals surface area contributed by atoms with Gasteiger partial charge in [0, 0.05) is 0 Å². The minimum Gasteiger partial charge on any atom is -0.390 e. The summed E-state index contributed by atoms with van der Waals surface area (Å²) in [6.07, 6.45) is 8.96. The molecular formula is C20H36O2. The van der Waals surface area contributed by atoms with Crippen molar-refractivity contribution in [3.63, 3.8) is 0 Å². The number of fused-ring (bicyclic) bond motifs is 1. The van der Waals surface area contributed by atoms with Gasteiger partial charge in [-0.2, -0.15) is 0 Å². The molecule has 0 amide bonds. The molecule has 128 valence electrons. The van der Waals surface area contributed by atoms with Gasteiger partial charge in [0.25, 0.3) is 0 Å². The highest BCUT2D eigenvalue weighted by molar-refractivity contribution is 5.08. The third kappa shape index (κ3) is 3.14. The summed E-state index contributed by atoms with van der Waals surface area (Å²) in [5.74, 6) is 0.928. The van der Waals surface area contributed by atoms with E-state index in [0.717, 1.165) is 19.3 Å². The van der Waals surface area contributed by atoms with Crippen LogP contribution in [-0.4, -0.2) is 21.4 Å². The molecule has 2 unspecified atom stereocenters. The van der Waals surface area contributed by atoms with Crippen LogP contribution in [0.15, 0.2) is 12.7 Å². The Morgan fingerprint density at radius 1 is 1.18 bits per heavy atom. The first-order chi connectivity index (χ1) is 9.95. The lowest BCUT2D eigenvalue weighted by Gasteiger charge is -2.61. The van der Waals surface area contributed by atoms with E-state index in [9.17, 15) is 10.2 Å². The third-order valence-electron chi connectivity index (χ3n) is 7.14. The maximum Gasteiger partial charge on any atom is 0.0797 e. The summed E-state index contributed by atoms with van der Waals surface area (Å²) in [6, 6.07) is 0. The number of hydrogen-bond acceptors (Lipinski definition) is 2. The molecule has 2 rings (SSSR count). The average Bonchev–Trinajstić information content (AvgIpc) is 2.35. The van der Waals surface area contributed by atoms with Gasteiger partial charge in [-0.3, -0.25) is 0 Å². The fraction of sp³-hybridized carbons (Fsp3) is 0.900. The maximum absolute atomic E-state index is 11.1. The lowest BCUT2D eigenvalue weighted by molar-refractivity contribution is -0.171. The predicted molar refractivity (Wildman–Crippen MR) is 92.6 cm³/mol. The Labute approximate surface area is 137 Å². The summed E-state index contributed by atoms with van der Waals surface area (Å²) in [6.45, 7) is 14.8. The third-order valence-corrected chi connectivity index (χ3v) is 7.14. The van der Waals surface area contributed by atoms with Crippen molar-refractivity contribution >= 4 is 0 Å². The number of rotatable bonds is 4. The summed E-state index contributed by atoms with van der Waals surface area (Å²) in [5, 5.41) is 21.4. The smallest absolute Gasteiger partial charge is 0.0797 e. The van der Waals surface area contributed by atoms with Crippen molar-refractivity contribution < 1.29 is 10.2 Å². The Hall–Kier alpha value is -0.340. The van der Waals surface area contributed by atoms with Crippen molar-refractivity contribution in [2.45, 2.75) is 90.8 Å². The van der Waals surface area contributed by atoms with Gasteiger partial charge in [0.05, 0.1) is 11.2 Å². The Balaban J connectivity index is 2.28. The van der Waals surface area contributed by atoms with E-state index in [1.54, 1.807) is 6.08 Å². The molecule has 0 aliphatic heterocycles. The van der Waals surface area contributed by atoms with Crippen LogP contribution in [0.3, 0.4) is 0 Å². The van der Waals surface area contributed by atoms with Crippen LogP contribution in [0.1, 0.15) is 79.6 Å². The molecule has 0 bridgehead atoms. The van der Waals surface area contributed by atoms with Gasteiger partial charge >= 0.3 is 0 Å². The van der Waals surface area contributed by atoms with Gasteiger partial charge in [0.2, 0.25) is 0 Å².